The van der Waals surface area contributed by atoms with Crippen molar-refractivity contribution in [2.45, 2.75) is 45.1 Å². The van der Waals surface area contributed by atoms with E-state index in [1.54, 1.807) is 18.2 Å². The number of para-hydroxylation sites is 1. The third-order valence-electron chi connectivity index (χ3n) is 8.31. The third-order valence-corrected chi connectivity index (χ3v) is 8.31. The highest BCUT2D eigenvalue weighted by molar-refractivity contribution is 5.99. The molecular weight excluding hydrogens is 452 g/mol. The van der Waals surface area contributed by atoms with Crippen molar-refractivity contribution < 1.29 is 14.4 Å². The van der Waals surface area contributed by atoms with E-state index in [0.717, 1.165) is 48.0 Å². The van der Waals surface area contributed by atoms with Crippen molar-refractivity contribution in [3.63, 3.8) is 0 Å². The normalized spacial score (nSPS) is 25.9. The number of pyridine rings is 1. The van der Waals surface area contributed by atoms with Crippen LogP contribution in [0.2, 0.25) is 0 Å². The van der Waals surface area contributed by atoms with Crippen molar-refractivity contribution in [1.29, 1.82) is 0 Å². The predicted octanol–water partition coefficient (Wildman–Crippen LogP) is 4.14. The van der Waals surface area contributed by atoms with Gasteiger partial charge in [0.2, 0.25) is 5.91 Å². The Bertz CT molecular complexity index is 1300. The number of hydrogen-bond donors (Lipinski definition) is 3. The number of nitrogens with one attached hydrogen (secondary N) is 3. The number of fused-ring (bicyclic) bond motifs is 1. The van der Waals surface area contributed by atoms with Gasteiger partial charge in [0.15, 0.2) is 0 Å². The van der Waals surface area contributed by atoms with Gasteiger partial charge < -0.3 is 5.32 Å². The van der Waals surface area contributed by atoms with Gasteiger partial charge in [0, 0.05) is 22.9 Å². The number of aromatic nitrogens is 1. The first-order chi connectivity index (χ1) is 17.5. The van der Waals surface area contributed by atoms with Gasteiger partial charge in [-0.1, -0.05) is 36.4 Å². The molecule has 3 aromatic rings. The van der Waals surface area contributed by atoms with Crippen molar-refractivity contribution >= 4 is 28.6 Å². The number of amides is 3. The van der Waals surface area contributed by atoms with Crippen LogP contribution in [0.3, 0.4) is 0 Å². The van der Waals surface area contributed by atoms with Crippen LogP contribution in [0.5, 0.6) is 0 Å². The zero-order chi connectivity index (χ0) is 24.7. The molecule has 7 rings (SSSR count). The standard InChI is InChI=1S/C29H30N4O3/c34-26(32-33-27(35)25-10-9-22-3-1-2-4-24(22)31-25)23-7-5-18(6-8-23)17-30-28(36)29-14-19-11-20(15-29)13-21(12-19)16-29/h1-10,19-21H,11-17H2,(H,30,36)(H,32,34)(H,33,35). The Morgan fingerprint density at radius 3 is 2.11 bits per heavy atom. The molecule has 2 aromatic carbocycles. The second-order valence-electron chi connectivity index (χ2n) is 10.9. The minimum atomic E-state index is -0.488. The van der Waals surface area contributed by atoms with E-state index >= 15 is 0 Å². The molecule has 1 aromatic heterocycles. The molecule has 184 valence electrons. The summed E-state index contributed by atoms with van der Waals surface area (Å²) in [6.07, 6.45) is 7.08. The quantitative estimate of drug-likeness (QED) is 0.476. The maximum Gasteiger partial charge on any atom is 0.288 e. The average molecular weight is 483 g/mol. The van der Waals surface area contributed by atoms with Crippen LogP contribution in [0.15, 0.2) is 60.7 Å². The summed E-state index contributed by atoms with van der Waals surface area (Å²) >= 11 is 0. The summed E-state index contributed by atoms with van der Waals surface area (Å²) in [5.74, 6) is 1.49. The Balaban J connectivity index is 1.02. The Kier molecular flexibility index (Phi) is 5.70. The lowest BCUT2D eigenvalue weighted by atomic mass is 9.49. The summed E-state index contributed by atoms with van der Waals surface area (Å²) in [5, 5.41) is 4.11. The molecule has 0 radical (unpaired) electrons. The van der Waals surface area contributed by atoms with Crippen molar-refractivity contribution in [3.8, 4) is 0 Å². The van der Waals surface area contributed by atoms with Gasteiger partial charge in [-0.15, -0.1) is 0 Å². The van der Waals surface area contributed by atoms with Crippen molar-refractivity contribution in [3.05, 3.63) is 77.5 Å². The fourth-order valence-electron chi connectivity index (χ4n) is 6.97. The summed E-state index contributed by atoms with van der Waals surface area (Å²) < 4.78 is 0. The van der Waals surface area contributed by atoms with E-state index in [4.69, 9.17) is 0 Å². The van der Waals surface area contributed by atoms with Gasteiger partial charge in [-0.25, -0.2) is 4.98 Å². The lowest BCUT2D eigenvalue weighted by Gasteiger charge is -2.55. The number of hydrazine groups is 1. The van der Waals surface area contributed by atoms with E-state index in [9.17, 15) is 14.4 Å². The molecule has 7 nitrogen and oxygen atoms in total. The van der Waals surface area contributed by atoms with Crippen LogP contribution < -0.4 is 16.2 Å². The lowest BCUT2D eigenvalue weighted by Crippen LogP contribution is -2.53. The van der Waals surface area contributed by atoms with Crippen LogP contribution in [0, 0.1) is 23.2 Å². The second-order valence-corrected chi connectivity index (χ2v) is 10.9. The molecular formula is C29H30N4O3. The molecule has 4 aliphatic rings. The van der Waals surface area contributed by atoms with Crippen molar-refractivity contribution in [1.82, 2.24) is 21.2 Å². The molecule has 7 heteroatoms. The largest absolute Gasteiger partial charge is 0.352 e. The minimum absolute atomic E-state index is 0.160. The molecule has 4 saturated carbocycles. The highest BCUT2D eigenvalue weighted by atomic mass is 16.2. The van der Waals surface area contributed by atoms with Crippen LogP contribution >= 0.6 is 0 Å². The molecule has 4 aliphatic carbocycles. The first-order valence-corrected chi connectivity index (χ1v) is 12.8. The van der Waals surface area contributed by atoms with Crippen molar-refractivity contribution in [2.75, 3.05) is 0 Å². The monoisotopic (exact) mass is 482 g/mol. The number of rotatable bonds is 5. The van der Waals surface area contributed by atoms with Gasteiger partial charge in [0.05, 0.1) is 5.52 Å². The summed E-state index contributed by atoms with van der Waals surface area (Å²) in [6.45, 7) is 0.451. The average Bonchev–Trinajstić information content (AvgIpc) is 2.89. The lowest BCUT2D eigenvalue weighted by molar-refractivity contribution is -0.146. The smallest absolute Gasteiger partial charge is 0.288 e. The number of nitrogens with zero attached hydrogens (tertiary/aromatic N) is 1. The van der Waals surface area contributed by atoms with E-state index in [-0.39, 0.29) is 17.0 Å². The van der Waals surface area contributed by atoms with E-state index in [0.29, 0.717) is 17.6 Å². The maximum atomic E-state index is 13.2. The number of carbonyl (C=O) groups is 3. The van der Waals surface area contributed by atoms with Gasteiger partial charge in [0.1, 0.15) is 5.69 Å². The molecule has 0 aliphatic heterocycles. The van der Waals surface area contributed by atoms with Gasteiger partial charge in [-0.05, 0) is 86.1 Å². The van der Waals surface area contributed by atoms with Gasteiger partial charge >= 0.3 is 0 Å². The Labute approximate surface area is 210 Å². The third kappa shape index (κ3) is 4.34. The molecule has 0 atom stereocenters. The summed E-state index contributed by atoms with van der Waals surface area (Å²) in [7, 11) is 0. The van der Waals surface area contributed by atoms with E-state index < -0.39 is 11.8 Å². The van der Waals surface area contributed by atoms with Gasteiger partial charge in [-0.2, -0.15) is 0 Å². The highest BCUT2D eigenvalue weighted by Crippen LogP contribution is 2.60. The first kappa shape index (κ1) is 22.7. The SMILES string of the molecule is O=C(NNC(=O)c1ccc2ccccc2n1)c1ccc(CNC(=O)C23CC4CC(CC(C4)C2)C3)cc1. The molecule has 3 amide bonds. The number of carbonyl (C=O) groups excluding carboxylic acids is 3. The van der Waals surface area contributed by atoms with Gasteiger partial charge in [-0.3, -0.25) is 25.2 Å². The molecule has 36 heavy (non-hydrogen) atoms. The first-order valence-electron chi connectivity index (χ1n) is 12.8. The van der Waals surface area contributed by atoms with E-state index in [1.165, 1.54) is 19.3 Å². The van der Waals surface area contributed by atoms with E-state index in [2.05, 4.69) is 21.2 Å². The van der Waals surface area contributed by atoms with Crippen LogP contribution in [0.1, 0.15) is 64.9 Å². The topological polar surface area (TPSA) is 100 Å². The molecule has 0 spiro atoms. The summed E-state index contributed by atoms with van der Waals surface area (Å²) in [6, 6.07) is 18.0. The molecule has 0 saturated heterocycles. The fourth-order valence-corrected chi connectivity index (χ4v) is 6.97. The zero-order valence-corrected chi connectivity index (χ0v) is 20.1. The summed E-state index contributed by atoms with van der Waals surface area (Å²) in [4.78, 5) is 42.4. The Morgan fingerprint density at radius 1 is 0.778 bits per heavy atom. The minimum Gasteiger partial charge on any atom is -0.352 e. The zero-order valence-electron chi connectivity index (χ0n) is 20.1. The van der Waals surface area contributed by atoms with Crippen LogP contribution in [-0.4, -0.2) is 22.7 Å². The van der Waals surface area contributed by atoms with Crippen LogP contribution in [0.25, 0.3) is 10.9 Å². The van der Waals surface area contributed by atoms with Crippen LogP contribution in [-0.2, 0) is 11.3 Å². The molecule has 4 bridgehead atoms. The Morgan fingerprint density at radius 2 is 1.42 bits per heavy atom. The molecule has 4 fully saturated rings. The summed E-state index contributed by atoms with van der Waals surface area (Å²) in [5.41, 5.74) is 6.99. The van der Waals surface area contributed by atoms with E-state index in [1.807, 2.05) is 42.5 Å². The molecule has 0 unspecified atom stereocenters. The molecule has 3 N–H and O–H groups in total. The van der Waals surface area contributed by atoms with Gasteiger partial charge in [0.25, 0.3) is 11.8 Å². The highest BCUT2D eigenvalue weighted by Gasteiger charge is 2.54. The maximum absolute atomic E-state index is 13.2. The predicted molar refractivity (Wildman–Crippen MR) is 136 cm³/mol. The van der Waals surface area contributed by atoms with Crippen molar-refractivity contribution in [2.24, 2.45) is 23.2 Å². The fraction of sp³-hybridized carbons (Fsp3) is 0.379. The molecule has 1 heterocycles. The Hall–Kier alpha value is -3.74. The second kappa shape index (κ2) is 9.04. The number of benzene rings is 2. The van der Waals surface area contributed by atoms with Crippen LogP contribution in [0.4, 0.5) is 0 Å². The number of hydrogen-bond acceptors (Lipinski definition) is 4.